The molecule has 1 atom stereocenters. The Balaban J connectivity index is 1.60. The van der Waals surface area contributed by atoms with E-state index < -0.39 is 0 Å². The minimum Gasteiger partial charge on any atom is -0.463 e. The van der Waals surface area contributed by atoms with E-state index in [1.807, 2.05) is 72.0 Å². The molecule has 0 spiro atoms. The highest BCUT2D eigenvalue weighted by Gasteiger charge is 2.21. The van der Waals surface area contributed by atoms with Crippen LogP contribution in [0.25, 0.3) is 0 Å². The van der Waals surface area contributed by atoms with Crippen molar-refractivity contribution in [3.05, 3.63) is 94.9 Å². The summed E-state index contributed by atoms with van der Waals surface area (Å²) in [6.45, 7) is 0.716. The van der Waals surface area contributed by atoms with Crippen LogP contribution >= 0.6 is 11.6 Å². The number of carbonyl (C=O) groups excluding carboxylic acids is 1. The maximum atomic E-state index is 12.2. The van der Waals surface area contributed by atoms with Gasteiger partial charge in [0.05, 0.1) is 6.26 Å². The van der Waals surface area contributed by atoms with Crippen LogP contribution in [0, 0.1) is 0 Å². The van der Waals surface area contributed by atoms with Crippen molar-refractivity contribution in [3.63, 3.8) is 0 Å². The molecule has 5 heteroatoms. The van der Waals surface area contributed by atoms with Gasteiger partial charge in [-0.1, -0.05) is 60.1 Å². The number of rotatable bonds is 7. The fourth-order valence-corrected chi connectivity index (χ4v) is 2.88. The van der Waals surface area contributed by atoms with Gasteiger partial charge in [-0.3, -0.25) is 4.79 Å². The molecular weight excluding hydrogens is 336 g/mol. The predicted molar refractivity (Wildman–Crippen MR) is 97.1 cm³/mol. The van der Waals surface area contributed by atoms with Crippen LogP contribution in [0.15, 0.2) is 77.4 Å². The van der Waals surface area contributed by atoms with E-state index in [0.717, 1.165) is 16.9 Å². The summed E-state index contributed by atoms with van der Waals surface area (Å²) in [6, 6.07) is 21.2. The normalized spacial score (nSPS) is 11.9. The second kappa shape index (κ2) is 8.51. The van der Waals surface area contributed by atoms with E-state index in [1.165, 1.54) is 0 Å². The Hall–Kier alpha value is -2.56. The molecule has 2 aromatic carbocycles. The number of nitrogens with two attached hydrogens (primary N) is 1. The van der Waals surface area contributed by atoms with Crippen LogP contribution in [-0.4, -0.2) is 12.5 Å². The molecule has 3 rings (SSSR count). The first-order chi connectivity index (χ1) is 12.2. The van der Waals surface area contributed by atoms with Gasteiger partial charge in [-0.2, -0.15) is 0 Å². The zero-order valence-electron chi connectivity index (χ0n) is 13.7. The lowest BCUT2D eigenvalue weighted by atomic mass is 10.0. The fourth-order valence-electron chi connectivity index (χ4n) is 2.68. The van der Waals surface area contributed by atoms with Crippen molar-refractivity contribution < 1.29 is 14.5 Å². The zero-order chi connectivity index (χ0) is 17.5. The topological polar surface area (TPSA) is 58.9 Å². The first-order valence-corrected chi connectivity index (χ1v) is 8.53. The summed E-state index contributed by atoms with van der Waals surface area (Å²) >= 11 is 6.11. The average Bonchev–Trinajstić information content (AvgIpc) is 3.16. The molecule has 1 heterocycles. The highest BCUT2D eigenvalue weighted by molar-refractivity contribution is 6.31. The van der Waals surface area contributed by atoms with Crippen molar-refractivity contribution in [1.82, 2.24) is 5.32 Å². The molecule has 0 fully saturated rings. The maximum Gasteiger partial charge on any atom is 0.275 e. The highest BCUT2D eigenvalue weighted by Crippen LogP contribution is 2.18. The van der Waals surface area contributed by atoms with Crippen molar-refractivity contribution in [2.75, 3.05) is 6.54 Å². The molecule has 1 amide bonds. The molecule has 0 aliphatic rings. The van der Waals surface area contributed by atoms with Gasteiger partial charge in [0.2, 0.25) is 0 Å². The van der Waals surface area contributed by atoms with Crippen LogP contribution in [0.5, 0.6) is 0 Å². The molecule has 25 heavy (non-hydrogen) atoms. The van der Waals surface area contributed by atoms with Crippen molar-refractivity contribution in [2.45, 2.75) is 12.6 Å². The Morgan fingerprint density at radius 2 is 1.80 bits per heavy atom. The highest BCUT2D eigenvalue weighted by atomic mass is 35.5. The molecule has 0 saturated heterocycles. The molecule has 128 valence electrons. The fraction of sp³-hybridized carbons (Fsp3) is 0.150. The molecule has 1 aromatic heterocycles. The minimum atomic E-state index is -0.0535. The number of benzene rings is 2. The Labute approximate surface area is 151 Å². The number of nitrogens with one attached hydrogen (secondary N) is 1. The molecule has 0 unspecified atom stereocenters. The van der Waals surface area contributed by atoms with E-state index in [-0.39, 0.29) is 11.9 Å². The van der Waals surface area contributed by atoms with Crippen molar-refractivity contribution in [1.29, 1.82) is 0 Å². The van der Waals surface area contributed by atoms with Crippen LogP contribution in [0.4, 0.5) is 0 Å². The summed E-state index contributed by atoms with van der Waals surface area (Å²) in [5.41, 5.74) is 2.00. The number of quaternary nitrogens is 1. The molecule has 4 nitrogen and oxygen atoms in total. The molecule has 3 aromatic rings. The predicted octanol–water partition coefficient (Wildman–Crippen LogP) is 2.90. The smallest absolute Gasteiger partial charge is 0.275 e. The van der Waals surface area contributed by atoms with Gasteiger partial charge in [0.15, 0.2) is 18.3 Å². The summed E-state index contributed by atoms with van der Waals surface area (Å²) in [7, 11) is 0. The lowest BCUT2D eigenvalue weighted by Crippen LogP contribution is -2.87. The largest absolute Gasteiger partial charge is 0.463 e. The van der Waals surface area contributed by atoms with Crippen molar-refractivity contribution in [2.24, 2.45) is 0 Å². The van der Waals surface area contributed by atoms with E-state index >= 15 is 0 Å². The van der Waals surface area contributed by atoms with Crippen molar-refractivity contribution >= 4 is 17.5 Å². The number of carbonyl (C=O) groups is 1. The summed E-state index contributed by atoms with van der Waals surface area (Å²) in [5.74, 6) is 0.775. The molecule has 3 N–H and O–H groups in total. The number of hydrogen-bond acceptors (Lipinski definition) is 2. The van der Waals surface area contributed by atoms with E-state index in [1.54, 1.807) is 6.26 Å². The lowest BCUT2D eigenvalue weighted by molar-refractivity contribution is -0.678. The van der Waals surface area contributed by atoms with E-state index in [2.05, 4.69) is 5.32 Å². The molecular formula is C20H20ClN2O2+. The molecule has 0 bridgehead atoms. The molecule has 0 aliphatic carbocycles. The third-order valence-electron chi connectivity index (χ3n) is 3.98. The van der Waals surface area contributed by atoms with Gasteiger partial charge in [0, 0.05) is 17.1 Å². The van der Waals surface area contributed by atoms with Gasteiger partial charge >= 0.3 is 0 Å². The standard InChI is InChI=1S/C20H19ClN2O2/c21-17-10-5-4-9-16(17)13-22-19(24)14-23-20(18-11-6-12-25-18)15-7-2-1-3-8-15/h1-12,20,23H,13-14H2,(H,22,24)/p+1/t20-/m0/s1. The molecule has 0 aliphatic heterocycles. The quantitative estimate of drug-likeness (QED) is 0.684. The number of furan rings is 1. The summed E-state index contributed by atoms with van der Waals surface area (Å²) < 4.78 is 5.55. The minimum absolute atomic E-state index is 0.0487. The Morgan fingerprint density at radius 3 is 2.52 bits per heavy atom. The van der Waals surface area contributed by atoms with E-state index in [9.17, 15) is 4.79 Å². The van der Waals surface area contributed by atoms with Crippen LogP contribution in [0.1, 0.15) is 22.9 Å². The SMILES string of the molecule is O=C(C[NH2+][C@@H](c1ccccc1)c1ccco1)NCc1ccccc1Cl. The van der Waals surface area contributed by atoms with Gasteiger partial charge in [0.25, 0.3) is 5.91 Å². The summed E-state index contributed by atoms with van der Waals surface area (Å²) in [6.07, 6.45) is 1.65. The number of halogens is 1. The second-order valence-electron chi connectivity index (χ2n) is 5.71. The van der Waals surface area contributed by atoms with Gasteiger partial charge in [-0.15, -0.1) is 0 Å². The molecule has 0 radical (unpaired) electrons. The lowest BCUT2D eigenvalue weighted by Gasteiger charge is -2.14. The zero-order valence-corrected chi connectivity index (χ0v) is 14.4. The van der Waals surface area contributed by atoms with Crippen LogP contribution in [-0.2, 0) is 11.3 Å². The summed E-state index contributed by atoms with van der Waals surface area (Å²) in [5, 5.41) is 5.53. The second-order valence-corrected chi connectivity index (χ2v) is 6.12. The Morgan fingerprint density at radius 1 is 1.04 bits per heavy atom. The van der Waals surface area contributed by atoms with Crippen LogP contribution in [0.3, 0.4) is 0 Å². The van der Waals surface area contributed by atoms with Crippen LogP contribution < -0.4 is 10.6 Å². The third kappa shape index (κ3) is 4.72. The van der Waals surface area contributed by atoms with Gasteiger partial charge in [-0.05, 0) is 23.8 Å². The maximum absolute atomic E-state index is 12.2. The first kappa shape index (κ1) is 17.3. The van der Waals surface area contributed by atoms with Crippen molar-refractivity contribution in [3.8, 4) is 0 Å². The van der Waals surface area contributed by atoms with Gasteiger partial charge in [0.1, 0.15) is 0 Å². The first-order valence-electron chi connectivity index (χ1n) is 8.16. The van der Waals surface area contributed by atoms with E-state index in [4.69, 9.17) is 16.0 Å². The number of hydrogen-bond donors (Lipinski definition) is 2. The van der Waals surface area contributed by atoms with Crippen LogP contribution in [0.2, 0.25) is 5.02 Å². The van der Waals surface area contributed by atoms with Gasteiger partial charge in [-0.25, -0.2) is 0 Å². The number of amides is 1. The average molecular weight is 356 g/mol. The monoisotopic (exact) mass is 355 g/mol. The van der Waals surface area contributed by atoms with E-state index in [0.29, 0.717) is 18.1 Å². The van der Waals surface area contributed by atoms with Gasteiger partial charge < -0.3 is 15.1 Å². The molecule has 0 saturated carbocycles. The Bertz CT molecular complexity index is 804. The summed E-state index contributed by atoms with van der Waals surface area (Å²) in [4.78, 5) is 12.2. The Kier molecular flexibility index (Phi) is 5.88. The third-order valence-corrected chi connectivity index (χ3v) is 4.35.